The largest absolute Gasteiger partial charge is 0.485 e. The summed E-state index contributed by atoms with van der Waals surface area (Å²) < 4.78 is 34.6. The van der Waals surface area contributed by atoms with Gasteiger partial charge in [0, 0.05) is 0 Å². The van der Waals surface area contributed by atoms with E-state index >= 15 is 0 Å². The van der Waals surface area contributed by atoms with Crippen molar-refractivity contribution >= 4 is 42.6 Å². The molecule has 3 aromatic rings. The zero-order chi connectivity index (χ0) is 18.3. The van der Waals surface area contributed by atoms with Gasteiger partial charge in [-0.2, -0.15) is 0 Å². The molecular weight excluding hydrogens is 378 g/mol. The number of nitrogens with two attached hydrogens (primary N) is 1. The lowest BCUT2D eigenvalue weighted by atomic mass is 10.2. The third kappa shape index (κ3) is 3.21. The van der Waals surface area contributed by atoms with Crippen LogP contribution >= 0.6 is 11.3 Å². The molecule has 2 heterocycles. The highest BCUT2D eigenvalue weighted by Crippen LogP contribution is 2.32. The van der Waals surface area contributed by atoms with Crippen molar-refractivity contribution in [3.63, 3.8) is 0 Å². The normalized spacial score (nSPS) is 16.4. The van der Waals surface area contributed by atoms with Gasteiger partial charge in [0.2, 0.25) is 16.1 Å². The molecule has 0 spiro atoms. The van der Waals surface area contributed by atoms with Crippen molar-refractivity contribution in [2.75, 3.05) is 11.9 Å². The zero-order valence-corrected chi connectivity index (χ0v) is 14.8. The van der Waals surface area contributed by atoms with Gasteiger partial charge in [-0.1, -0.05) is 23.5 Å². The standard InChI is InChI=1S/C16H13N3O5S2/c17-26(21,22)9-5-6-10-14(7-9)25-16(18-10)19-15(20)13-8-23-11-3-1-2-4-12(11)24-13/h1-7,13H,8H2,(H2,17,21,22)(H,18,19,20). The SMILES string of the molecule is NS(=O)(=O)c1ccc2nc(NC(=O)C3COc4ccccc4O3)sc2c1. The highest BCUT2D eigenvalue weighted by Gasteiger charge is 2.28. The van der Waals surface area contributed by atoms with Crippen molar-refractivity contribution < 1.29 is 22.7 Å². The van der Waals surface area contributed by atoms with Crippen LogP contribution in [0.3, 0.4) is 0 Å². The number of amides is 1. The number of hydrogen-bond acceptors (Lipinski definition) is 7. The molecule has 8 nitrogen and oxygen atoms in total. The number of anilines is 1. The van der Waals surface area contributed by atoms with Crippen LogP contribution < -0.4 is 19.9 Å². The molecule has 1 atom stereocenters. The number of hydrogen-bond donors (Lipinski definition) is 2. The van der Waals surface area contributed by atoms with E-state index in [1.165, 1.54) is 18.2 Å². The molecule has 0 radical (unpaired) electrons. The number of primary sulfonamides is 1. The van der Waals surface area contributed by atoms with E-state index < -0.39 is 22.0 Å². The van der Waals surface area contributed by atoms with Gasteiger partial charge in [0.25, 0.3) is 5.91 Å². The second-order valence-electron chi connectivity index (χ2n) is 5.55. The number of carbonyl (C=O) groups excluding carboxylic acids is 1. The second-order valence-corrected chi connectivity index (χ2v) is 8.14. The van der Waals surface area contributed by atoms with Crippen molar-refractivity contribution in [1.82, 2.24) is 4.98 Å². The van der Waals surface area contributed by atoms with Gasteiger partial charge in [-0.15, -0.1) is 0 Å². The number of ether oxygens (including phenoxy) is 2. The number of carbonyl (C=O) groups is 1. The van der Waals surface area contributed by atoms with E-state index in [9.17, 15) is 13.2 Å². The summed E-state index contributed by atoms with van der Waals surface area (Å²) in [6, 6.07) is 11.4. The molecule has 26 heavy (non-hydrogen) atoms. The predicted octanol–water partition coefficient (Wildman–Crippen LogP) is 1.72. The number of para-hydroxylation sites is 2. The van der Waals surface area contributed by atoms with Crippen molar-refractivity contribution in [3.05, 3.63) is 42.5 Å². The molecule has 0 bridgehead atoms. The van der Waals surface area contributed by atoms with Crippen molar-refractivity contribution in [2.45, 2.75) is 11.0 Å². The van der Waals surface area contributed by atoms with Gasteiger partial charge in [-0.3, -0.25) is 10.1 Å². The molecule has 1 aliphatic heterocycles. The Labute approximate surface area is 152 Å². The zero-order valence-electron chi connectivity index (χ0n) is 13.2. The summed E-state index contributed by atoms with van der Waals surface area (Å²) in [6.07, 6.45) is -0.808. The minimum absolute atomic E-state index is 0.00727. The van der Waals surface area contributed by atoms with Crippen LogP contribution in [0.15, 0.2) is 47.4 Å². The molecule has 2 aromatic carbocycles. The first kappa shape index (κ1) is 16.8. The molecule has 4 rings (SSSR count). The smallest absolute Gasteiger partial charge is 0.270 e. The summed E-state index contributed by atoms with van der Waals surface area (Å²) in [5.41, 5.74) is 0.559. The van der Waals surface area contributed by atoms with E-state index in [1.807, 2.05) is 6.07 Å². The van der Waals surface area contributed by atoms with Crippen LogP contribution in [-0.4, -0.2) is 32.0 Å². The van der Waals surface area contributed by atoms with Gasteiger partial charge in [0.1, 0.15) is 6.61 Å². The Morgan fingerprint density at radius 2 is 2.00 bits per heavy atom. The number of thiazole rings is 1. The second kappa shape index (κ2) is 6.24. The number of benzene rings is 2. The average Bonchev–Trinajstić information content (AvgIpc) is 3.01. The minimum atomic E-state index is -3.80. The van der Waals surface area contributed by atoms with Gasteiger partial charge in [-0.05, 0) is 30.3 Å². The Morgan fingerprint density at radius 3 is 2.77 bits per heavy atom. The summed E-state index contributed by atoms with van der Waals surface area (Å²) >= 11 is 1.15. The predicted molar refractivity (Wildman–Crippen MR) is 96.0 cm³/mol. The van der Waals surface area contributed by atoms with Gasteiger partial charge in [0.15, 0.2) is 16.6 Å². The van der Waals surface area contributed by atoms with Crippen LogP contribution in [0.25, 0.3) is 10.2 Å². The van der Waals surface area contributed by atoms with Crippen LogP contribution in [0.1, 0.15) is 0 Å². The van der Waals surface area contributed by atoms with Crippen LogP contribution in [0.2, 0.25) is 0 Å². The quantitative estimate of drug-likeness (QED) is 0.701. The Hall–Kier alpha value is -2.69. The van der Waals surface area contributed by atoms with E-state index in [-0.39, 0.29) is 11.5 Å². The maximum absolute atomic E-state index is 12.4. The third-order valence-corrected chi connectivity index (χ3v) is 5.56. The number of rotatable bonds is 3. The average molecular weight is 391 g/mol. The van der Waals surface area contributed by atoms with Gasteiger partial charge >= 0.3 is 0 Å². The summed E-state index contributed by atoms with van der Waals surface area (Å²) in [4.78, 5) is 16.7. The van der Waals surface area contributed by atoms with E-state index in [4.69, 9.17) is 14.6 Å². The lowest BCUT2D eigenvalue weighted by Gasteiger charge is -2.25. The maximum Gasteiger partial charge on any atom is 0.270 e. The van der Waals surface area contributed by atoms with E-state index in [0.29, 0.717) is 26.8 Å². The molecule has 0 aliphatic carbocycles. The Morgan fingerprint density at radius 1 is 1.23 bits per heavy atom. The summed E-state index contributed by atoms with van der Waals surface area (Å²) in [5, 5.41) is 8.13. The van der Waals surface area contributed by atoms with E-state index in [2.05, 4.69) is 10.3 Å². The number of nitrogens with zero attached hydrogens (tertiary/aromatic N) is 1. The first-order valence-corrected chi connectivity index (χ1v) is 9.89. The summed E-state index contributed by atoms with van der Waals surface area (Å²) in [7, 11) is -3.80. The maximum atomic E-state index is 12.4. The third-order valence-electron chi connectivity index (χ3n) is 3.72. The van der Waals surface area contributed by atoms with Gasteiger partial charge in [0.05, 0.1) is 15.1 Å². The van der Waals surface area contributed by atoms with Crippen LogP contribution in [0.5, 0.6) is 11.5 Å². The molecule has 1 aromatic heterocycles. The van der Waals surface area contributed by atoms with E-state index in [0.717, 1.165) is 11.3 Å². The molecule has 0 saturated heterocycles. The summed E-state index contributed by atoms with van der Waals surface area (Å²) in [5.74, 6) is 0.693. The fourth-order valence-electron chi connectivity index (χ4n) is 2.47. The topological polar surface area (TPSA) is 121 Å². The molecule has 134 valence electrons. The summed E-state index contributed by atoms with van der Waals surface area (Å²) in [6.45, 7) is 0.0866. The molecule has 0 fully saturated rings. The van der Waals surface area contributed by atoms with Crippen molar-refractivity contribution in [3.8, 4) is 11.5 Å². The molecule has 3 N–H and O–H groups in total. The molecular formula is C16H13N3O5S2. The Balaban J connectivity index is 1.53. The highest BCUT2D eigenvalue weighted by atomic mass is 32.2. The fraction of sp³-hybridized carbons (Fsp3) is 0.125. The number of aromatic nitrogens is 1. The molecule has 0 saturated carbocycles. The number of sulfonamides is 1. The lowest BCUT2D eigenvalue weighted by Crippen LogP contribution is -2.40. The van der Waals surface area contributed by atoms with Crippen LogP contribution in [-0.2, 0) is 14.8 Å². The molecule has 1 amide bonds. The minimum Gasteiger partial charge on any atom is -0.485 e. The van der Waals surface area contributed by atoms with Crippen LogP contribution in [0, 0.1) is 0 Å². The molecule has 1 aliphatic rings. The Bertz CT molecular complexity index is 1110. The van der Waals surface area contributed by atoms with Crippen molar-refractivity contribution in [1.29, 1.82) is 0 Å². The Kier molecular flexibility index (Phi) is 4.02. The fourth-order valence-corrected chi connectivity index (χ4v) is 3.99. The highest BCUT2D eigenvalue weighted by molar-refractivity contribution is 7.89. The monoisotopic (exact) mass is 391 g/mol. The molecule has 1 unspecified atom stereocenters. The first-order valence-electron chi connectivity index (χ1n) is 7.53. The van der Waals surface area contributed by atoms with Gasteiger partial charge in [-0.25, -0.2) is 18.5 Å². The number of fused-ring (bicyclic) bond motifs is 2. The molecule has 10 heteroatoms. The van der Waals surface area contributed by atoms with Crippen LogP contribution in [0.4, 0.5) is 5.13 Å². The first-order chi connectivity index (χ1) is 12.4. The van der Waals surface area contributed by atoms with Crippen molar-refractivity contribution in [2.24, 2.45) is 5.14 Å². The van der Waals surface area contributed by atoms with E-state index in [1.54, 1.807) is 18.2 Å². The number of nitrogens with one attached hydrogen (secondary N) is 1. The van der Waals surface area contributed by atoms with Gasteiger partial charge < -0.3 is 9.47 Å². The lowest BCUT2D eigenvalue weighted by molar-refractivity contribution is -0.125.